The summed E-state index contributed by atoms with van der Waals surface area (Å²) in [7, 11) is 0. The summed E-state index contributed by atoms with van der Waals surface area (Å²) in [4.78, 5) is 61.6. The number of carboxylic acid groups (broad SMARTS) is 1. The summed E-state index contributed by atoms with van der Waals surface area (Å²) in [6, 6.07) is 4.59. The van der Waals surface area contributed by atoms with E-state index < -0.39 is 53.8 Å². The third-order valence-electron chi connectivity index (χ3n) is 6.02. The topological polar surface area (TPSA) is 194 Å². The van der Waals surface area contributed by atoms with Crippen LogP contribution in [0.5, 0.6) is 0 Å². The fraction of sp³-hybridized carbons (Fsp3) is 0.560. The van der Waals surface area contributed by atoms with Crippen LogP contribution in [0.4, 0.5) is 0 Å². The molecular formula is C25H39N5O6. The van der Waals surface area contributed by atoms with Gasteiger partial charge in [0.15, 0.2) is 0 Å². The van der Waals surface area contributed by atoms with Crippen molar-refractivity contribution in [2.75, 3.05) is 0 Å². The van der Waals surface area contributed by atoms with Crippen molar-refractivity contribution in [1.82, 2.24) is 16.0 Å². The first-order valence-corrected chi connectivity index (χ1v) is 12.1. The number of carboxylic acids is 1. The van der Waals surface area contributed by atoms with Crippen molar-refractivity contribution in [2.24, 2.45) is 23.3 Å². The van der Waals surface area contributed by atoms with Crippen LogP contribution < -0.4 is 27.4 Å². The van der Waals surface area contributed by atoms with Crippen molar-refractivity contribution in [3.05, 3.63) is 35.9 Å². The molecule has 0 aliphatic carbocycles. The van der Waals surface area contributed by atoms with Crippen molar-refractivity contribution in [3.8, 4) is 0 Å². The zero-order valence-electron chi connectivity index (χ0n) is 21.3. The van der Waals surface area contributed by atoms with Crippen molar-refractivity contribution in [2.45, 2.75) is 77.5 Å². The minimum absolute atomic E-state index is 0.0751. The molecule has 0 heterocycles. The summed E-state index contributed by atoms with van der Waals surface area (Å²) in [5.74, 6) is -4.26. The highest BCUT2D eigenvalue weighted by Crippen LogP contribution is 2.10. The molecule has 0 aliphatic rings. The Morgan fingerprint density at radius 2 is 1.47 bits per heavy atom. The normalized spacial score (nSPS) is 15.2. The summed E-state index contributed by atoms with van der Waals surface area (Å²) in [6.07, 6.45) is 0.337. The molecule has 0 radical (unpaired) electrons. The number of nitrogens with one attached hydrogen (secondary N) is 3. The molecule has 11 heteroatoms. The quantitative estimate of drug-likeness (QED) is 0.194. The van der Waals surface area contributed by atoms with Gasteiger partial charge in [0.05, 0.1) is 6.04 Å². The van der Waals surface area contributed by atoms with Crippen LogP contribution in [0.2, 0.25) is 0 Å². The number of primary amides is 1. The average Bonchev–Trinajstić information content (AvgIpc) is 2.83. The van der Waals surface area contributed by atoms with Gasteiger partial charge >= 0.3 is 5.97 Å². The summed E-state index contributed by atoms with van der Waals surface area (Å²) in [5.41, 5.74) is 11.8. The Hall–Kier alpha value is -3.47. The molecule has 1 aromatic carbocycles. The van der Waals surface area contributed by atoms with Gasteiger partial charge in [0, 0.05) is 12.8 Å². The van der Waals surface area contributed by atoms with Crippen molar-refractivity contribution in [3.63, 3.8) is 0 Å². The maximum absolute atomic E-state index is 13.2. The fourth-order valence-corrected chi connectivity index (χ4v) is 3.43. The number of hydrogen-bond donors (Lipinski definition) is 6. The highest BCUT2D eigenvalue weighted by molar-refractivity contribution is 5.94. The molecule has 0 bridgehead atoms. The van der Waals surface area contributed by atoms with Gasteiger partial charge in [-0.3, -0.25) is 19.2 Å². The van der Waals surface area contributed by atoms with Crippen LogP contribution in [-0.2, 0) is 30.4 Å². The Balaban J connectivity index is 3.10. The standard InChI is InChI=1S/C25H39N5O6/c1-5-15(4)20(27)23(33)30-21(14(2)3)24(34)29-18(13-16-9-7-6-8-10-16)22(32)28-17(25(35)36)11-12-19(26)31/h6-10,14-15,17-18,20-21H,5,11-13,27H2,1-4H3,(H2,26,31)(H,28,32)(H,29,34)(H,30,33)(H,35,36). The van der Waals surface area contributed by atoms with Crippen molar-refractivity contribution >= 4 is 29.6 Å². The van der Waals surface area contributed by atoms with E-state index in [1.165, 1.54) is 0 Å². The lowest BCUT2D eigenvalue weighted by atomic mass is 9.97. The van der Waals surface area contributed by atoms with E-state index in [0.717, 1.165) is 5.56 Å². The minimum atomic E-state index is -1.37. The number of hydrogen-bond acceptors (Lipinski definition) is 6. The first-order chi connectivity index (χ1) is 16.9. The van der Waals surface area contributed by atoms with E-state index >= 15 is 0 Å². The molecule has 5 unspecified atom stereocenters. The third kappa shape index (κ3) is 10.0. The number of benzene rings is 1. The molecule has 36 heavy (non-hydrogen) atoms. The predicted molar refractivity (Wildman–Crippen MR) is 134 cm³/mol. The number of nitrogens with two attached hydrogens (primary N) is 2. The highest BCUT2D eigenvalue weighted by Gasteiger charge is 2.32. The number of carbonyl (C=O) groups is 5. The lowest BCUT2D eigenvalue weighted by Gasteiger charge is -2.28. The van der Waals surface area contributed by atoms with Gasteiger partial charge in [-0.25, -0.2) is 4.79 Å². The molecule has 8 N–H and O–H groups in total. The van der Waals surface area contributed by atoms with E-state index in [9.17, 15) is 29.1 Å². The van der Waals surface area contributed by atoms with E-state index in [1.807, 2.05) is 13.8 Å². The molecule has 0 fully saturated rings. The fourth-order valence-electron chi connectivity index (χ4n) is 3.43. The SMILES string of the molecule is CCC(C)C(N)C(=O)NC(C(=O)NC(Cc1ccccc1)C(=O)NC(CCC(N)=O)C(=O)O)C(C)C. The minimum Gasteiger partial charge on any atom is -0.480 e. The Morgan fingerprint density at radius 1 is 0.889 bits per heavy atom. The molecule has 4 amide bonds. The monoisotopic (exact) mass is 505 g/mol. The number of aliphatic carboxylic acids is 1. The Kier molecular flexibility index (Phi) is 12.6. The maximum Gasteiger partial charge on any atom is 0.326 e. The zero-order chi connectivity index (χ0) is 27.4. The Bertz CT molecular complexity index is 907. The molecule has 0 aliphatic heterocycles. The van der Waals surface area contributed by atoms with Gasteiger partial charge in [-0.05, 0) is 23.8 Å². The maximum atomic E-state index is 13.2. The summed E-state index contributed by atoms with van der Waals surface area (Å²) >= 11 is 0. The molecule has 5 atom stereocenters. The first-order valence-electron chi connectivity index (χ1n) is 12.1. The largest absolute Gasteiger partial charge is 0.480 e. The second kappa shape index (κ2) is 14.8. The van der Waals surface area contributed by atoms with Gasteiger partial charge in [-0.2, -0.15) is 0 Å². The predicted octanol–water partition coefficient (Wildman–Crippen LogP) is 0.0630. The van der Waals surface area contributed by atoms with Gasteiger partial charge in [-0.1, -0.05) is 64.4 Å². The molecular weight excluding hydrogens is 466 g/mol. The average molecular weight is 506 g/mol. The summed E-state index contributed by atoms with van der Waals surface area (Å²) in [6.45, 7) is 7.24. The summed E-state index contributed by atoms with van der Waals surface area (Å²) < 4.78 is 0. The summed E-state index contributed by atoms with van der Waals surface area (Å²) in [5, 5.41) is 17.2. The van der Waals surface area contributed by atoms with E-state index in [4.69, 9.17) is 11.5 Å². The number of rotatable bonds is 15. The zero-order valence-corrected chi connectivity index (χ0v) is 21.3. The van der Waals surface area contributed by atoms with E-state index in [1.54, 1.807) is 44.2 Å². The number of carbonyl (C=O) groups excluding carboxylic acids is 4. The first kappa shape index (κ1) is 30.6. The van der Waals surface area contributed by atoms with Crippen LogP contribution in [-0.4, -0.2) is 58.9 Å². The molecule has 200 valence electrons. The van der Waals surface area contributed by atoms with Gasteiger partial charge < -0.3 is 32.5 Å². The van der Waals surface area contributed by atoms with Crippen LogP contribution >= 0.6 is 0 Å². The second-order valence-electron chi connectivity index (χ2n) is 9.30. The van der Waals surface area contributed by atoms with Crippen LogP contribution in [0, 0.1) is 11.8 Å². The van der Waals surface area contributed by atoms with Crippen LogP contribution in [0.25, 0.3) is 0 Å². The molecule has 1 rings (SSSR count). The van der Waals surface area contributed by atoms with Gasteiger partial charge in [0.25, 0.3) is 0 Å². The van der Waals surface area contributed by atoms with E-state index in [-0.39, 0.29) is 31.1 Å². The van der Waals surface area contributed by atoms with Crippen molar-refractivity contribution < 1.29 is 29.1 Å². The third-order valence-corrected chi connectivity index (χ3v) is 6.02. The molecule has 1 aromatic rings. The van der Waals surface area contributed by atoms with Gasteiger partial charge in [-0.15, -0.1) is 0 Å². The molecule has 11 nitrogen and oxygen atoms in total. The highest BCUT2D eigenvalue weighted by atomic mass is 16.4. The lowest BCUT2D eigenvalue weighted by Crippen LogP contribution is -2.59. The van der Waals surface area contributed by atoms with Crippen LogP contribution in [0.1, 0.15) is 52.5 Å². The van der Waals surface area contributed by atoms with E-state index in [2.05, 4.69) is 16.0 Å². The molecule has 0 saturated heterocycles. The molecule has 0 spiro atoms. The van der Waals surface area contributed by atoms with Crippen LogP contribution in [0.3, 0.4) is 0 Å². The van der Waals surface area contributed by atoms with Gasteiger partial charge in [0.2, 0.25) is 23.6 Å². The van der Waals surface area contributed by atoms with Gasteiger partial charge in [0.1, 0.15) is 18.1 Å². The van der Waals surface area contributed by atoms with Crippen LogP contribution in [0.15, 0.2) is 30.3 Å². The lowest BCUT2D eigenvalue weighted by molar-refractivity contribution is -0.142. The molecule has 0 aromatic heterocycles. The molecule has 0 saturated carbocycles. The Labute approximate surface area is 211 Å². The smallest absolute Gasteiger partial charge is 0.326 e. The second-order valence-corrected chi connectivity index (χ2v) is 9.30. The number of amides is 4. The van der Waals surface area contributed by atoms with E-state index in [0.29, 0.717) is 6.42 Å². The Morgan fingerprint density at radius 3 is 1.97 bits per heavy atom. The van der Waals surface area contributed by atoms with Crippen molar-refractivity contribution in [1.29, 1.82) is 0 Å².